The third-order valence-electron chi connectivity index (χ3n) is 3.11. The molecule has 0 amide bonds. The van der Waals surface area contributed by atoms with E-state index < -0.39 is 11.6 Å². The molecule has 0 saturated carbocycles. The standard InChI is InChI=1S/C12H13FO4/c1-16-9-5-7-3-4-12(13,11(14)15)8(7)6-10(9)17-2/h5-6H,3-4H2,1-2H3,(H,14,15). The second kappa shape index (κ2) is 3.91. The van der Waals surface area contributed by atoms with Gasteiger partial charge in [0.25, 0.3) is 0 Å². The number of fused-ring (bicyclic) bond motifs is 1. The molecule has 0 heterocycles. The molecule has 0 spiro atoms. The predicted octanol–water partition coefficient (Wildman–Crippen LogP) is 1.90. The van der Waals surface area contributed by atoms with Crippen molar-refractivity contribution in [3.8, 4) is 11.5 Å². The Bertz CT molecular complexity index is 472. The van der Waals surface area contributed by atoms with E-state index in [4.69, 9.17) is 14.6 Å². The van der Waals surface area contributed by atoms with Crippen LogP contribution in [0.4, 0.5) is 4.39 Å². The first kappa shape index (κ1) is 11.7. The number of halogens is 1. The Hall–Kier alpha value is -1.78. The van der Waals surface area contributed by atoms with E-state index in [2.05, 4.69) is 0 Å². The van der Waals surface area contributed by atoms with E-state index in [1.54, 1.807) is 6.07 Å². The summed E-state index contributed by atoms with van der Waals surface area (Å²) in [6, 6.07) is 3.05. The lowest BCUT2D eigenvalue weighted by molar-refractivity contribution is -0.151. The molecular formula is C12H13FO4. The maximum atomic E-state index is 14.3. The third-order valence-corrected chi connectivity index (χ3v) is 3.11. The Kier molecular flexibility index (Phi) is 2.69. The number of hydrogen-bond donors (Lipinski definition) is 1. The Morgan fingerprint density at radius 1 is 1.35 bits per heavy atom. The lowest BCUT2D eigenvalue weighted by Gasteiger charge is -2.17. The van der Waals surface area contributed by atoms with Gasteiger partial charge in [0.2, 0.25) is 5.67 Å². The molecular weight excluding hydrogens is 227 g/mol. The van der Waals surface area contributed by atoms with Gasteiger partial charge in [0.1, 0.15) is 0 Å². The normalized spacial score (nSPS) is 22.1. The molecule has 1 aliphatic rings. The Balaban J connectivity index is 2.58. The average Bonchev–Trinajstić information content (AvgIpc) is 2.66. The van der Waals surface area contributed by atoms with Crippen LogP contribution in [0.2, 0.25) is 0 Å². The molecule has 5 heteroatoms. The van der Waals surface area contributed by atoms with Crippen molar-refractivity contribution in [2.75, 3.05) is 14.2 Å². The molecule has 1 N–H and O–H groups in total. The number of aliphatic carboxylic acids is 1. The van der Waals surface area contributed by atoms with Crippen LogP contribution in [0, 0.1) is 0 Å². The van der Waals surface area contributed by atoms with E-state index in [-0.39, 0.29) is 12.0 Å². The van der Waals surface area contributed by atoms with Crippen molar-refractivity contribution >= 4 is 5.97 Å². The van der Waals surface area contributed by atoms with Gasteiger partial charge >= 0.3 is 5.97 Å². The topological polar surface area (TPSA) is 55.8 Å². The second-order valence-corrected chi connectivity index (χ2v) is 3.97. The maximum Gasteiger partial charge on any atom is 0.346 e. The molecule has 4 nitrogen and oxygen atoms in total. The zero-order valence-electron chi connectivity index (χ0n) is 9.62. The zero-order chi connectivity index (χ0) is 12.6. The quantitative estimate of drug-likeness (QED) is 0.876. The smallest absolute Gasteiger partial charge is 0.346 e. The van der Waals surface area contributed by atoms with Crippen molar-refractivity contribution in [1.82, 2.24) is 0 Å². The molecule has 1 unspecified atom stereocenters. The lowest BCUT2D eigenvalue weighted by Crippen LogP contribution is -2.27. The molecule has 0 aromatic heterocycles. The summed E-state index contributed by atoms with van der Waals surface area (Å²) in [6.07, 6.45) is 0.340. The van der Waals surface area contributed by atoms with Gasteiger partial charge in [0.05, 0.1) is 14.2 Å². The third kappa shape index (κ3) is 1.62. The Morgan fingerprint density at radius 3 is 2.47 bits per heavy atom. The minimum absolute atomic E-state index is 0.0476. The van der Waals surface area contributed by atoms with Gasteiger partial charge in [-0.05, 0) is 24.1 Å². The first-order valence-corrected chi connectivity index (χ1v) is 5.20. The summed E-state index contributed by atoms with van der Waals surface area (Å²) in [5.74, 6) is -0.624. The molecule has 0 aliphatic heterocycles. The predicted molar refractivity (Wildman–Crippen MR) is 58.3 cm³/mol. The Morgan fingerprint density at radius 2 is 1.94 bits per heavy atom. The van der Waals surface area contributed by atoms with E-state index in [0.29, 0.717) is 23.5 Å². The fraction of sp³-hybridized carbons (Fsp3) is 0.417. The number of rotatable bonds is 3. The van der Waals surface area contributed by atoms with Crippen molar-refractivity contribution in [2.24, 2.45) is 0 Å². The van der Waals surface area contributed by atoms with Crippen LogP contribution in [0.3, 0.4) is 0 Å². The summed E-state index contributed by atoms with van der Waals surface area (Å²) >= 11 is 0. The molecule has 92 valence electrons. The number of aryl methyl sites for hydroxylation is 1. The maximum absolute atomic E-state index is 14.3. The van der Waals surface area contributed by atoms with Crippen molar-refractivity contribution in [3.05, 3.63) is 23.3 Å². The van der Waals surface area contributed by atoms with Crippen LogP contribution < -0.4 is 9.47 Å². The van der Waals surface area contributed by atoms with Crippen molar-refractivity contribution < 1.29 is 23.8 Å². The van der Waals surface area contributed by atoms with Crippen molar-refractivity contribution in [3.63, 3.8) is 0 Å². The van der Waals surface area contributed by atoms with E-state index >= 15 is 0 Å². The lowest BCUT2D eigenvalue weighted by atomic mass is 9.98. The monoisotopic (exact) mass is 240 g/mol. The summed E-state index contributed by atoms with van der Waals surface area (Å²) in [6.45, 7) is 0. The molecule has 1 aromatic carbocycles. The number of methoxy groups -OCH3 is 2. The summed E-state index contributed by atoms with van der Waals surface area (Å²) in [7, 11) is 2.92. The van der Waals surface area contributed by atoms with Crippen LogP contribution >= 0.6 is 0 Å². The van der Waals surface area contributed by atoms with Crippen molar-refractivity contribution in [1.29, 1.82) is 0 Å². The zero-order valence-corrected chi connectivity index (χ0v) is 9.62. The van der Waals surface area contributed by atoms with E-state index in [1.165, 1.54) is 20.3 Å². The van der Waals surface area contributed by atoms with Gasteiger partial charge in [-0.15, -0.1) is 0 Å². The molecule has 2 rings (SSSR count). The summed E-state index contributed by atoms with van der Waals surface area (Å²) in [5.41, 5.74) is -1.48. The number of hydrogen-bond acceptors (Lipinski definition) is 3. The first-order chi connectivity index (χ1) is 8.02. The van der Waals surface area contributed by atoms with Gasteiger partial charge in [-0.25, -0.2) is 9.18 Å². The van der Waals surface area contributed by atoms with Crippen LogP contribution in [0.5, 0.6) is 11.5 Å². The fourth-order valence-corrected chi connectivity index (χ4v) is 2.16. The van der Waals surface area contributed by atoms with E-state index in [9.17, 15) is 9.18 Å². The average molecular weight is 240 g/mol. The van der Waals surface area contributed by atoms with Gasteiger partial charge in [-0.3, -0.25) is 0 Å². The van der Waals surface area contributed by atoms with Gasteiger partial charge in [-0.1, -0.05) is 0 Å². The number of carboxylic acids is 1. The fourth-order valence-electron chi connectivity index (χ4n) is 2.16. The Labute approximate surface area is 98.0 Å². The summed E-state index contributed by atoms with van der Waals surface area (Å²) in [4.78, 5) is 11.0. The molecule has 1 aliphatic carbocycles. The molecule has 0 bridgehead atoms. The molecule has 1 atom stereocenters. The number of carboxylic acid groups (broad SMARTS) is 1. The van der Waals surface area contributed by atoms with Crippen LogP contribution in [0.15, 0.2) is 12.1 Å². The number of ether oxygens (including phenoxy) is 2. The molecule has 0 saturated heterocycles. The van der Waals surface area contributed by atoms with Crippen LogP contribution in [0.1, 0.15) is 17.5 Å². The molecule has 17 heavy (non-hydrogen) atoms. The highest BCUT2D eigenvalue weighted by Gasteiger charge is 2.46. The van der Waals surface area contributed by atoms with Crippen LogP contribution in [0.25, 0.3) is 0 Å². The van der Waals surface area contributed by atoms with Gasteiger partial charge in [0, 0.05) is 12.0 Å². The number of benzene rings is 1. The van der Waals surface area contributed by atoms with Crippen LogP contribution in [-0.2, 0) is 16.9 Å². The van der Waals surface area contributed by atoms with Gasteiger partial charge in [0.15, 0.2) is 11.5 Å². The highest BCUT2D eigenvalue weighted by atomic mass is 19.1. The minimum atomic E-state index is -2.31. The largest absolute Gasteiger partial charge is 0.493 e. The summed E-state index contributed by atoms with van der Waals surface area (Å²) in [5, 5.41) is 8.96. The van der Waals surface area contributed by atoms with Gasteiger partial charge < -0.3 is 14.6 Å². The van der Waals surface area contributed by atoms with E-state index in [1.807, 2.05) is 0 Å². The first-order valence-electron chi connectivity index (χ1n) is 5.20. The minimum Gasteiger partial charge on any atom is -0.493 e. The SMILES string of the molecule is COc1cc2c(cc1OC)C(F)(C(=O)O)CC2. The van der Waals surface area contributed by atoms with Crippen LogP contribution in [-0.4, -0.2) is 25.3 Å². The number of carbonyl (C=O) groups is 1. The van der Waals surface area contributed by atoms with Crippen molar-refractivity contribution in [2.45, 2.75) is 18.5 Å². The highest BCUT2D eigenvalue weighted by molar-refractivity contribution is 5.81. The van der Waals surface area contributed by atoms with E-state index in [0.717, 1.165) is 0 Å². The second-order valence-electron chi connectivity index (χ2n) is 3.97. The molecule has 0 radical (unpaired) electrons. The molecule has 1 aromatic rings. The summed E-state index contributed by atoms with van der Waals surface area (Å²) < 4.78 is 24.4. The highest BCUT2D eigenvalue weighted by Crippen LogP contribution is 2.45. The molecule has 0 fully saturated rings. The van der Waals surface area contributed by atoms with Gasteiger partial charge in [-0.2, -0.15) is 0 Å². The number of alkyl halides is 1.